The minimum Gasteiger partial charge on any atom is -0.473 e. The maximum absolute atomic E-state index is 12.4. The molecule has 6 nitrogen and oxygen atoms in total. The van der Waals surface area contributed by atoms with Crippen molar-refractivity contribution in [2.24, 2.45) is 0 Å². The van der Waals surface area contributed by atoms with Crippen LogP contribution in [0.3, 0.4) is 0 Å². The first kappa shape index (κ1) is 19.9. The molecule has 0 aliphatic carbocycles. The summed E-state index contributed by atoms with van der Waals surface area (Å²) in [5.74, 6) is 0.520. The normalized spacial score (nSPS) is 10.1. The van der Waals surface area contributed by atoms with E-state index in [0.717, 1.165) is 16.7 Å². The quantitative estimate of drug-likeness (QED) is 0.668. The highest BCUT2D eigenvalue weighted by Crippen LogP contribution is 2.12. The molecule has 6 heteroatoms. The number of rotatable bonds is 7. The molecule has 29 heavy (non-hydrogen) atoms. The predicted octanol–water partition coefficient (Wildman–Crippen LogP) is 3.87. The van der Waals surface area contributed by atoms with Gasteiger partial charge >= 0.3 is 6.03 Å². The number of hydrogen-bond donors (Lipinski definition) is 1. The molecule has 0 fully saturated rings. The molecular weight excluding hydrogens is 364 g/mol. The summed E-state index contributed by atoms with van der Waals surface area (Å²) in [4.78, 5) is 18.2. The average molecular weight is 386 g/mol. The van der Waals surface area contributed by atoms with Gasteiger partial charge in [-0.1, -0.05) is 42.5 Å². The van der Waals surface area contributed by atoms with Crippen LogP contribution < -0.4 is 10.1 Å². The zero-order valence-electron chi connectivity index (χ0n) is 16.2. The first-order chi connectivity index (χ1) is 14.1. The minimum atomic E-state index is -0.182. The number of benzene rings is 2. The van der Waals surface area contributed by atoms with Gasteiger partial charge in [-0.3, -0.25) is 0 Å². The van der Waals surface area contributed by atoms with Crippen molar-refractivity contribution in [2.75, 3.05) is 7.05 Å². The van der Waals surface area contributed by atoms with Crippen LogP contribution in [0.4, 0.5) is 4.79 Å². The zero-order valence-corrected chi connectivity index (χ0v) is 16.2. The van der Waals surface area contributed by atoms with Crippen molar-refractivity contribution < 1.29 is 9.53 Å². The Hall–Kier alpha value is -3.85. The van der Waals surface area contributed by atoms with Crippen molar-refractivity contribution in [3.05, 3.63) is 95.2 Å². The van der Waals surface area contributed by atoms with E-state index in [0.29, 0.717) is 31.1 Å². The third kappa shape index (κ3) is 6.08. The Kier molecular flexibility index (Phi) is 6.80. The van der Waals surface area contributed by atoms with E-state index in [-0.39, 0.29) is 6.03 Å². The molecule has 0 unspecified atom stereocenters. The highest BCUT2D eigenvalue weighted by atomic mass is 16.5. The molecule has 0 spiro atoms. The Morgan fingerprint density at radius 2 is 1.83 bits per heavy atom. The van der Waals surface area contributed by atoms with Crippen molar-refractivity contribution in [2.45, 2.75) is 19.7 Å². The number of nitrogens with zero attached hydrogens (tertiary/aromatic N) is 3. The van der Waals surface area contributed by atoms with E-state index in [1.54, 1.807) is 30.3 Å². The highest BCUT2D eigenvalue weighted by molar-refractivity contribution is 5.73. The number of urea groups is 1. The number of aromatic nitrogens is 1. The molecule has 0 atom stereocenters. The topological polar surface area (TPSA) is 78.3 Å². The number of pyridine rings is 1. The lowest BCUT2D eigenvalue weighted by atomic mass is 10.1. The van der Waals surface area contributed by atoms with Crippen molar-refractivity contribution in [1.29, 1.82) is 5.26 Å². The Balaban J connectivity index is 1.49. The minimum absolute atomic E-state index is 0.182. The molecule has 0 bridgehead atoms. The lowest BCUT2D eigenvalue weighted by Gasteiger charge is -2.18. The first-order valence-electron chi connectivity index (χ1n) is 9.24. The largest absolute Gasteiger partial charge is 0.473 e. The summed E-state index contributed by atoms with van der Waals surface area (Å²) in [6.45, 7) is 1.27. The van der Waals surface area contributed by atoms with Crippen LogP contribution in [0.2, 0.25) is 0 Å². The maximum Gasteiger partial charge on any atom is 0.317 e. The van der Waals surface area contributed by atoms with Gasteiger partial charge in [0.25, 0.3) is 0 Å². The molecule has 2 aromatic carbocycles. The van der Waals surface area contributed by atoms with Crippen molar-refractivity contribution >= 4 is 6.03 Å². The summed E-state index contributed by atoms with van der Waals surface area (Å²) in [7, 11) is 1.73. The molecule has 3 rings (SSSR count). The lowest BCUT2D eigenvalue weighted by Crippen LogP contribution is -2.36. The summed E-state index contributed by atoms with van der Waals surface area (Å²) in [5.41, 5.74) is 3.53. The summed E-state index contributed by atoms with van der Waals surface area (Å²) in [5, 5.41) is 11.7. The summed E-state index contributed by atoms with van der Waals surface area (Å²) < 4.78 is 5.73. The van der Waals surface area contributed by atoms with Gasteiger partial charge in [-0.05, 0) is 34.9 Å². The van der Waals surface area contributed by atoms with E-state index in [9.17, 15) is 4.79 Å². The zero-order chi connectivity index (χ0) is 20.5. The summed E-state index contributed by atoms with van der Waals surface area (Å²) in [6, 6.07) is 22.6. The van der Waals surface area contributed by atoms with Gasteiger partial charge in [0.05, 0.1) is 11.6 Å². The van der Waals surface area contributed by atoms with Crippen LogP contribution in [0, 0.1) is 11.3 Å². The van der Waals surface area contributed by atoms with Crippen molar-refractivity contribution in [3.63, 3.8) is 0 Å². The van der Waals surface area contributed by atoms with Gasteiger partial charge in [-0.15, -0.1) is 0 Å². The van der Waals surface area contributed by atoms with Gasteiger partial charge < -0.3 is 15.0 Å². The van der Waals surface area contributed by atoms with Crippen LogP contribution in [0.1, 0.15) is 22.3 Å². The smallest absolute Gasteiger partial charge is 0.317 e. The summed E-state index contributed by atoms with van der Waals surface area (Å²) in [6.07, 6.45) is 1.67. The summed E-state index contributed by atoms with van der Waals surface area (Å²) >= 11 is 0. The van der Waals surface area contributed by atoms with E-state index in [2.05, 4.69) is 16.4 Å². The molecule has 3 aromatic rings. The van der Waals surface area contributed by atoms with Crippen LogP contribution in [0.25, 0.3) is 0 Å². The molecule has 0 radical (unpaired) electrons. The van der Waals surface area contributed by atoms with Gasteiger partial charge in [-0.2, -0.15) is 5.26 Å². The Morgan fingerprint density at radius 1 is 1.07 bits per heavy atom. The molecule has 1 aromatic heterocycles. The monoisotopic (exact) mass is 386 g/mol. The molecule has 1 heterocycles. The molecule has 2 amide bonds. The molecular formula is C23H22N4O2. The molecule has 1 N–H and O–H groups in total. The maximum atomic E-state index is 12.4. The van der Waals surface area contributed by atoms with Crippen LogP contribution in [-0.2, 0) is 19.7 Å². The third-order valence-corrected chi connectivity index (χ3v) is 4.32. The second-order valence-corrected chi connectivity index (χ2v) is 6.60. The number of carbonyl (C=O) groups excluding carboxylic acids is 1. The van der Waals surface area contributed by atoms with Crippen molar-refractivity contribution in [3.8, 4) is 11.9 Å². The second-order valence-electron chi connectivity index (χ2n) is 6.60. The molecule has 146 valence electrons. The lowest BCUT2D eigenvalue weighted by molar-refractivity contribution is 0.206. The molecule has 0 aliphatic heterocycles. The fourth-order valence-corrected chi connectivity index (χ4v) is 2.71. The fourth-order valence-electron chi connectivity index (χ4n) is 2.71. The second kappa shape index (κ2) is 9.90. The Morgan fingerprint density at radius 3 is 2.55 bits per heavy atom. The highest BCUT2D eigenvalue weighted by Gasteiger charge is 2.09. The Bertz CT molecular complexity index is 982. The number of nitriles is 1. The molecule has 0 aliphatic rings. The van der Waals surface area contributed by atoms with Gasteiger partial charge in [0.2, 0.25) is 5.88 Å². The standard InChI is InChI=1S/C23H22N4O2/c1-27(16-19-9-7-18(14-24)8-10-19)23(28)26-15-21-11-12-25-22(13-21)29-17-20-5-3-2-4-6-20/h2-13H,15-17H2,1H3,(H,26,28). The molecule has 0 saturated heterocycles. The van der Waals surface area contributed by atoms with Gasteiger partial charge in [0.15, 0.2) is 0 Å². The SMILES string of the molecule is CN(Cc1ccc(C#N)cc1)C(=O)NCc1ccnc(OCc2ccccc2)c1. The van der Waals surface area contributed by atoms with Crippen LogP contribution in [0.5, 0.6) is 5.88 Å². The van der Waals surface area contributed by atoms with Crippen LogP contribution in [-0.4, -0.2) is 23.0 Å². The van der Waals surface area contributed by atoms with E-state index in [1.807, 2.05) is 54.6 Å². The van der Waals surface area contributed by atoms with Crippen molar-refractivity contribution in [1.82, 2.24) is 15.2 Å². The van der Waals surface area contributed by atoms with Gasteiger partial charge in [0, 0.05) is 32.4 Å². The number of hydrogen-bond acceptors (Lipinski definition) is 4. The fraction of sp³-hybridized carbons (Fsp3) is 0.174. The van der Waals surface area contributed by atoms with Crippen LogP contribution in [0.15, 0.2) is 72.9 Å². The van der Waals surface area contributed by atoms with E-state index < -0.39 is 0 Å². The predicted molar refractivity (Wildman–Crippen MR) is 110 cm³/mol. The average Bonchev–Trinajstić information content (AvgIpc) is 2.77. The number of nitrogens with one attached hydrogen (secondary N) is 1. The number of carbonyl (C=O) groups is 1. The van der Waals surface area contributed by atoms with Gasteiger partial charge in [0.1, 0.15) is 6.61 Å². The first-order valence-corrected chi connectivity index (χ1v) is 9.24. The number of ether oxygens (including phenoxy) is 1. The van der Waals surface area contributed by atoms with Crippen LogP contribution >= 0.6 is 0 Å². The number of amides is 2. The van der Waals surface area contributed by atoms with E-state index in [4.69, 9.17) is 10.00 Å². The molecule has 0 saturated carbocycles. The van der Waals surface area contributed by atoms with E-state index in [1.165, 1.54) is 0 Å². The van der Waals surface area contributed by atoms with Gasteiger partial charge in [-0.25, -0.2) is 9.78 Å². The third-order valence-electron chi connectivity index (χ3n) is 4.32. The Labute approximate surface area is 170 Å². The van der Waals surface area contributed by atoms with E-state index >= 15 is 0 Å².